The second kappa shape index (κ2) is 10.7. The van der Waals surface area contributed by atoms with E-state index in [2.05, 4.69) is 14.9 Å². The molecule has 0 saturated carbocycles. The van der Waals surface area contributed by atoms with Crippen LogP contribution in [0.25, 0.3) is 0 Å². The number of methoxy groups -OCH3 is 1. The molecule has 9 heteroatoms. The lowest BCUT2D eigenvalue weighted by Crippen LogP contribution is -2.35. The van der Waals surface area contributed by atoms with Crippen molar-refractivity contribution >= 4 is 15.9 Å². The lowest BCUT2D eigenvalue weighted by molar-refractivity contribution is 0.0342. The van der Waals surface area contributed by atoms with Crippen LogP contribution in [0.4, 0.5) is 0 Å². The predicted molar refractivity (Wildman–Crippen MR) is 118 cm³/mol. The Bertz CT molecular complexity index is 987. The number of amides is 1. The van der Waals surface area contributed by atoms with E-state index in [-0.39, 0.29) is 22.9 Å². The summed E-state index contributed by atoms with van der Waals surface area (Å²) in [5.74, 6) is -0.0620. The molecule has 0 radical (unpaired) electrons. The lowest BCUT2D eigenvalue weighted by atomic mass is 10.1. The Hall–Kier alpha value is -2.46. The molecule has 31 heavy (non-hydrogen) atoms. The highest BCUT2D eigenvalue weighted by Crippen LogP contribution is 2.22. The molecule has 1 saturated heterocycles. The van der Waals surface area contributed by atoms with Crippen LogP contribution >= 0.6 is 0 Å². The molecule has 8 nitrogen and oxygen atoms in total. The molecule has 2 N–H and O–H groups in total. The maximum Gasteiger partial charge on any atom is 0.255 e. The van der Waals surface area contributed by atoms with E-state index in [1.165, 1.54) is 30.9 Å². The zero-order valence-corrected chi connectivity index (χ0v) is 18.7. The number of ether oxygens (including phenoxy) is 2. The van der Waals surface area contributed by atoms with Gasteiger partial charge in [-0.15, -0.1) is 0 Å². The van der Waals surface area contributed by atoms with Crippen LogP contribution in [-0.2, 0) is 27.8 Å². The minimum absolute atomic E-state index is 0.0125. The molecule has 168 valence electrons. The molecule has 1 amide bonds. The molecule has 2 aromatic rings. The van der Waals surface area contributed by atoms with Gasteiger partial charge in [0.2, 0.25) is 10.0 Å². The normalized spacial score (nSPS) is 14.9. The topological polar surface area (TPSA) is 97.0 Å². The summed E-state index contributed by atoms with van der Waals surface area (Å²) >= 11 is 0. The third-order valence-electron chi connectivity index (χ3n) is 5.06. The number of rotatable bonds is 9. The van der Waals surface area contributed by atoms with Gasteiger partial charge in [0.1, 0.15) is 5.75 Å². The van der Waals surface area contributed by atoms with Crippen molar-refractivity contribution in [1.29, 1.82) is 0 Å². The van der Waals surface area contributed by atoms with Gasteiger partial charge in [0.15, 0.2) is 0 Å². The van der Waals surface area contributed by atoms with Crippen molar-refractivity contribution in [3.05, 3.63) is 59.2 Å². The Kier molecular flexibility index (Phi) is 8.03. The average molecular weight is 448 g/mol. The first-order valence-electron chi connectivity index (χ1n) is 10.3. The number of benzene rings is 2. The summed E-state index contributed by atoms with van der Waals surface area (Å²) in [6, 6.07) is 12.1. The molecule has 0 atom stereocenters. The number of morpholine rings is 1. The third-order valence-corrected chi connectivity index (χ3v) is 6.46. The van der Waals surface area contributed by atoms with E-state index >= 15 is 0 Å². The first-order chi connectivity index (χ1) is 14.9. The van der Waals surface area contributed by atoms with Crippen LogP contribution in [0.15, 0.2) is 47.4 Å². The summed E-state index contributed by atoms with van der Waals surface area (Å²) in [6.07, 6.45) is 0. The van der Waals surface area contributed by atoms with Crippen molar-refractivity contribution in [2.45, 2.75) is 24.9 Å². The second-order valence-electron chi connectivity index (χ2n) is 7.25. The van der Waals surface area contributed by atoms with Gasteiger partial charge in [0.25, 0.3) is 5.91 Å². The predicted octanol–water partition coefficient (Wildman–Crippen LogP) is 1.76. The molecule has 0 unspecified atom stereocenters. The summed E-state index contributed by atoms with van der Waals surface area (Å²) in [6.45, 7) is 6.58. The molecule has 1 aliphatic heterocycles. The number of carbonyl (C=O) groups excluding carboxylic acids is 1. The number of hydrogen-bond donors (Lipinski definition) is 2. The molecule has 1 aliphatic rings. The van der Waals surface area contributed by atoms with Crippen molar-refractivity contribution in [2.24, 2.45) is 0 Å². The smallest absolute Gasteiger partial charge is 0.255 e. The highest BCUT2D eigenvalue weighted by molar-refractivity contribution is 7.89. The Labute approximate surface area is 183 Å². The molecule has 1 heterocycles. The summed E-state index contributed by atoms with van der Waals surface area (Å²) in [4.78, 5) is 14.6. The van der Waals surface area contributed by atoms with E-state index in [9.17, 15) is 13.2 Å². The van der Waals surface area contributed by atoms with Crippen molar-refractivity contribution in [3.8, 4) is 5.75 Å². The van der Waals surface area contributed by atoms with Crippen molar-refractivity contribution in [1.82, 2.24) is 14.9 Å². The number of sulfonamides is 1. The SMILES string of the molecule is CCNC(=O)c1cc(S(=O)(=O)NCc2ccc(CN3CCOCC3)cc2)ccc1OC. The van der Waals surface area contributed by atoms with Gasteiger partial charge >= 0.3 is 0 Å². The fraction of sp³-hybridized carbons (Fsp3) is 0.409. The first kappa shape index (κ1) is 23.2. The fourth-order valence-corrected chi connectivity index (χ4v) is 4.37. The summed E-state index contributed by atoms with van der Waals surface area (Å²) in [7, 11) is -2.36. The Morgan fingerprint density at radius 1 is 1.10 bits per heavy atom. The largest absolute Gasteiger partial charge is 0.496 e. The summed E-state index contributed by atoms with van der Waals surface area (Å²) in [5, 5.41) is 2.66. The van der Waals surface area contributed by atoms with Gasteiger partial charge in [0.05, 0.1) is 30.8 Å². The van der Waals surface area contributed by atoms with Gasteiger partial charge in [-0.25, -0.2) is 13.1 Å². The summed E-state index contributed by atoms with van der Waals surface area (Å²) < 4.78 is 38.7. The Balaban J connectivity index is 1.65. The monoisotopic (exact) mass is 447 g/mol. The van der Waals surface area contributed by atoms with E-state index in [0.29, 0.717) is 12.3 Å². The van der Waals surface area contributed by atoms with Crippen LogP contribution in [0.1, 0.15) is 28.4 Å². The first-order valence-corrected chi connectivity index (χ1v) is 11.7. The molecular formula is C22H29N3O5S. The van der Waals surface area contributed by atoms with Gasteiger partial charge in [-0.2, -0.15) is 0 Å². The van der Waals surface area contributed by atoms with E-state index in [1.54, 1.807) is 6.92 Å². The van der Waals surface area contributed by atoms with E-state index in [4.69, 9.17) is 9.47 Å². The van der Waals surface area contributed by atoms with Crippen LogP contribution < -0.4 is 14.8 Å². The van der Waals surface area contributed by atoms with E-state index < -0.39 is 10.0 Å². The average Bonchev–Trinajstić information content (AvgIpc) is 2.79. The maximum absolute atomic E-state index is 12.8. The van der Waals surface area contributed by atoms with Crippen LogP contribution in [0.2, 0.25) is 0 Å². The zero-order valence-electron chi connectivity index (χ0n) is 17.9. The second-order valence-corrected chi connectivity index (χ2v) is 9.02. The zero-order chi connectivity index (χ0) is 22.3. The molecule has 0 aliphatic carbocycles. The lowest BCUT2D eigenvalue weighted by Gasteiger charge is -2.26. The number of carbonyl (C=O) groups is 1. The molecule has 3 rings (SSSR count). The van der Waals surface area contributed by atoms with Gasteiger partial charge < -0.3 is 14.8 Å². The molecule has 2 aromatic carbocycles. The maximum atomic E-state index is 12.8. The van der Waals surface area contributed by atoms with Gasteiger partial charge in [0, 0.05) is 32.7 Å². The van der Waals surface area contributed by atoms with Crippen molar-refractivity contribution in [3.63, 3.8) is 0 Å². The highest BCUT2D eigenvalue weighted by atomic mass is 32.2. The molecule has 0 spiro atoms. The summed E-state index contributed by atoms with van der Waals surface area (Å²) in [5.41, 5.74) is 2.21. The number of nitrogens with one attached hydrogen (secondary N) is 2. The standard InChI is InChI=1S/C22H29N3O5S/c1-3-23-22(26)20-14-19(8-9-21(20)29-2)31(27,28)24-15-17-4-6-18(7-5-17)16-25-10-12-30-13-11-25/h4-9,14,24H,3,10-13,15-16H2,1-2H3,(H,23,26). The minimum atomic E-state index is -3.79. The minimum Gasteiger partial charge on any atom is -0.496 e. The van der Waals surface area contributed by atoms with Crippen molar-refractivity contribution in [2.75, 3.05) is 40.0 Å². The highest BCUT2D eigenvalue weighted by Gasteiger charge is 2.19. The van der Waals surface area contributed by atoms with Gasteiger partial charge in [-0.3, -0.25) is 9.69 Å². The van der Waals surface area contributed by atoms with E-state index in [0.717, 1.165) is 38.4 Å². The van der Waals surface area contributed by atoms with Crippen LogP contribution in [0.3, 0.4) is 0 Å². The molecule has 0 aromatic heterocycles. The third kappa shape index (κ3) is 6.27. The molecule has 1 fully saturated rings. The van der Waals surface area contributed by atoms with Gasteiger partial charge in [-0.05, 0) is 36.2 Å². The van der Waals surface area contributed by atoms with Crippen LogP contribution in [0, 0.1) is 0 Å². The van der Waals surface area contributed by atoms with Crippen molar-refractivity contribution < 1.29 is 22.7 Å². The molecule has 0 bridgehead atoms. The Morgan fingerprint density at radius 3 is 2.42 bits per heavy atom. The van der Waals surface area contributed by atoms with Crippen LogP contribution in [0.5, 0.6) is 5.75 Å². The van der Waals surface area contributed by atoms with Gasteiger partial charge in [-0.1, -0.05) is 24.3 Å². The van der Waals surface area contributed by atoms with Crippen LogP contribution in [-0.4, -0.2) is 59.2 Å². The number of nitrogens with zero attached hydrogens (tertiary/aromatic N) is 1. The Morgan fingerprint density at radius 2 is 1.77 bits per heavy atom. The fourth-order valence-electron chi connectivity index (χ4n) is 3.33. The van der Waals surface area contributed by atoms with E-state index in [1.807, 2.05) is 24.3 Å². The number of hydrogen-bond acceptors (Lipinski definition) is 6. The quantitative estimate of drug-likeness (QED) is 0.608. The molecular weight excluding hydrogens is 418 g/mol.